The third-order valence-electron chi connectivity index (χ3n) is 7.62. The van der Waals surface area contributed by atoms with Crippen LogP contribution in [-0.4, -0.2) is 35.8 Å². The highest BCUT2D eigenvalue weighted by Crippen LogP contribution is 2.47. The maximum Gasteiger partial charge on any atom is 0.340 e. The molecule has 2 aliphatic rings. The number of alkyl halides is 2. The molecule has 0 aliphatic carbocycles. The van der Waals surface area contributed by atoms with E-state index < -0.39 is 30.0 Å². The molecule has 224 valence electrons. The van der Waals surface area contributed by atoms with Crippen LogP contribution in [0.25, 0.3) is 22.3 Å². The Morgan fingerprint density at radius 2 is 1.74 bits per heavy atom. The molecular weight excluding hydrogens is 538 g/mol. The van der Waals surface area contributed by atoms with Crippen molar-refractivity contribution >= 4 is 5.97 Å². The number of carbonyl (C=O) groups is 1. The van der Waals surface area contributed by atoms with Crippen molar-refractivity contribution in [3.8, 4) is 28.0 Å². The number of hydrogen-bond donors (Lipinski definition) is 1. The number of carbonyl (C=O) groups excluding carboxylic acids is 1. The lowest BCUT2D eigenvalue weighted by Gasteiger charge is -2.31. The minimum Gasteiger partial charge on any atom is -0.493 e. The highest BCUT2D eigenvalue weighted by molar-refractivity contribution is 5.92. The maximum atomic E-state index is 15.2. The first-order chi connectivity index (χ1) is 19.7. The minimum atomic E-state index is -3.04. The van der Waals surface area contributed by atoms with E-state index in [1.807, 2.05) is 40.7 Å². The van der Waals surface area contributed by atoms with Gasteiger partial charge in [0.25, 0.3) is 5.92 Å². The molecule has 2 aromatic carbocycles. The Balaban J connectivity index is 1.83. The number of aromatic nitrogens is 1. The van der Waals surface area contributed by atoms with Gasteiger partial charge in [-0.05, 0) is 101 Å². The second-order valence-electron chi connectivity index (χ2n) is 12.5. The molecule has 0 spiro atoms. The summed E-state index contributed by atoms with van der Waals surface area (Å²) >= 11 is 0. The first kappa shape index (κ1) is 30.1. The molecule has 6 nitrogen and oxygen atoms in total. The van der Waals surface area contributed by atoms with Crippen LogP contribution in [0.4, 0.5) is 8.78 Å². The third kappa shape index (κ3) is 6.06. The van der Waals surface area contributed by atoms with Gasteiger partial charge in [0.2, 0.25) is 0 Å². The van der Waals surface area contributed by atoms with Crippen LogP contribution >= 0.6 is 0 Å². The number of aryl methyl sites for hydroxylation is 2. The molecule has 0 radical (unpaired) electrons. The van der Waals surface area contributed by atoms with Crippen LogP contribution in [-0.2, 0) is 33.2 Å². The zero-order chi connectivity index (χ0) is 30.4. The summed E-state index contributed by atoms with van der Waals surface area (Å²) in [7, 11) is 0. The van der Waals surface area contributed by atoms with Crippen molar-refractivity contribution < 1.29 is 27.8 Å². The van der Waals surface area contributed by atoms with Crippen molar-refractivity contribution in [3.05, 3.63) is 70.0 Å². The largest absolute Gasteiger partial charge is 0.493 e. The van der Waals surface area contributed by atoms with E-state index in [0.29, 0.717) is 22.4 Å². The minimum absolute atomic E-state index is 0.0458. The van der Waals surface area contributed by atoms with Gasteiger partial charge in [-0.15, -0.1) is 0 Å². The number of nitrogens with zero attached hydrogens (tertiary/aromatic N) is 1. The molecule has 0 bridgehead atoms. The molecule has 1 atom stereocenters. The number of fused-ring (bicyclic) bond motifs is 2. The summed E-state index contributed by atoms with van der Waals surface area (Å²) < 4.78 is 48.1. The standard InChI is InChI=1S/C34H40F2N2O4/c1-19(2)41-32(39)31(42-33(5,6)7)29-21(4)38-20(3)28(23-8-9-25-18-37-14-12-22(25)16-23)30(29)24-10-11-27-26(17-24)34(35,36)13-15-40-27/h8-11,16-17,19,31,37H,12-15,18H2,1-7H3. The van der Waals surface area contributed by atoms with Crippen LogP contribution in [0.5, 0.6) is 5.75 Å². The van der Waals surface area contributed by atoms with Crippen LogP contribution in [0.2, 0.25) is 0 Å². The normalized spacial score (nSPS) is 16.8. The van der Waals surface area contributed by atoms with Crippen LogP contribution < -0.4 is 10.1 Å². The molecule has 0 saturated carbocycles. The summed E-state index contributed by atoms with van der Waals surface area (Å²) in [6, 6.07) is 11.2. The zero-order valence-electron chi connectivity index (χ0n) is 25.5. The Morgan fingerprint density at radius 3 is 2.45 bits per heavy atom. The van der Waals surface area contributed by atoms with Crippen LogP contribution in [0.15, 0.2) is 36.4 Å². The molecule has 3 heterocycles. The van der Waals surface area contributed by atoms with E-state index in [9.17, 15) is 4.79 Å². The third-order valence-corrected chi connectivity index (χ3v) is 7.62. The van der Waals surface area contributed by atoms with Crippen molar-refractivity contribution in [2.75, 3.05) is 13.2 Å². The SMILES string of the molecule is Cc1nc(C)c(C(OC(C)(C)C)C(=O)OC(C)C)c(-c2ccc3c(c2)C(F)(F)CCO3)c1-c1ccc2c(c1)CCNC2. The van der Waals surface area contributed by atoms with Gasteiger partial charge < -0.3 is 19.5 Å². The van der Waals surface area contributed by atoms with E-state index in [1.165, 1.54) is 17.2 Å². The van der Waals surface area contributed by atoms with Crippen LogP contribution in [0, 0.1) is 13.8 Å². The second kappa shape index (κ2) is 11.4. The average molecular weight is 579 g/mol. The Bertz CT molecular complexity index is 1510. The summed E-state index contributed by atoms with van der Waals surface area (Å²) in [5.41, 5.74) is 6.24. The summed E-state index contributed by atoms with van der Waals surface area (Å²) in [6.45, 7) is 14.5. The van der Waals surface area contributed by atoms with Crippen molar-refractivity contribution in [2.24, 2.45) is 0 Å². The number of esters is 1. The first-order valence-electron chi connectivity index (χ1n) is 14.6. The Kier molecular flexibility index (Phi) is 8.16. The molecule has 1 unspecified atom stereocenters. The number of rotatable bonds is 6. The van der Waals surface area contributed by atoms with Gasteiger partial charge in [-0.3, -0.25) is 4.98 Å². The van der Waals surface area contributed by atoms with Crippen molar-refractivity contribution in [3.63, 3.8) is 0 Å². The quantitative estimate of drug-likeness (QED) is 0.308. The fraction of sp³-hybridized carbons (Fsp3) is 0.471. The summed E-state index contributed by atoms with van der Waals surface area (Å²) in [5.74, 6) is -3.43. The van der Waals surface area contributed by atoms with Gasteiger partial charge in [-0.25, -0.2) is 13.6 Å². The van der Waals surface area contributed by atoms with E-state index in [1.54, 1.807) is 26.0 Å². The molecule has 0 fully saturated rings. The number of halogens is 2. The van der Waals surface area contributed by atoms with Gasteiger partial charge in [0.05, 0.1) is 30.3 Å². The summed E-state index contributed by atoms with van der Waals surface area (Å²) in [4.78, 5) is 18.6. The molecule has 8 heteroatoms. The molecule has 2 aliphatic heterocycles. The topological polar surface area (TPSA) is 69.7 Å². The summed E-state index contributed by atoms with van der Waals surface area (Å²) in [5, 5.41) is 3.40. The van der Waals surface area contributed by atoms with Gasteiger partial charge >= 0.3 is 5.97 Å². The number of hydrogen-bond acceptors (Lipinski definition) is 6. The van der Waals surface area contributed by atoms with E-state index in [0.717, 1.165) is 36.3 Å². The van der Waals surface area contributed by atoms with E-state index >= 15 is 8.78 Å². The molecular formula is C34H40F2N2O4. The van der Waals surface area contributed by atoms with Crippen molar-refractivity contribution in [1.82, 2.24) is 10.3 Å². The van der Waals surface area contributed by atoms with Gasteiger partial charge in [-0.1, -0.05) is 24.3 Å². The molecule has 0 saturated heterocycles. The van der Waals surface area contributed by atoms with Crippen molar-refractivity contribution in [1.29, 1.82) is 0 Å². The van der Waals surface area contributed by atoms with Crippen LogP contribution in [0.3, 0.4) is 0 Å². The van der Waals surface area contributed by atoms with E-state index in [-0.39, 0.29) is 24.0 Å². The van der Waals surface area contributed by atoms with Crippen molar-refractivity contribution in [2.45, 2.75) is 91.6 Å². The van der Waals surface area contributed by atoms with Gasteiger partial charge in [0.1, 0.15) is 5.75 Å². The molecule has 3 aromatic rings. The van der Waals surface area contributed by atoms with E-state index in [4.69, 9.17) is 19.2 Å². The van der Waals surface area contributed by atoms with Gasteiger partial charge in [-0.2, -0.15) is 0 Å². The number of benzene rings is 2. The highest BCUT2D eigenvalue weighted by Gasteiger charge is 2.40. The van der Waals surface area contributed by atoms with Gasteiger partial charge in [0, 0.05) is 29.1 Å². The molecule has 42 heavy (non-hydrogen) atoms. The second-order valence-corrected chi connectivity index (χ2v) is 12.5. The fourth-order valence-electron chi connectivity index (χ4n) is 5.86. The highest BCUT2D eigenvalue weighted by atomic mass is 19.3. The Hall–Kier alpha value is -3.36. The predicted molar refractivity (Wildman–Crippen MR) is 159 cm³/mol. The number of nitrogens with one attached hydrogen (secondary N) is 1. The molecule has 0 amide bonds. The average Bonchev–Trinajstić information content (AvgIpc) is 2.90. The number of pyridine rings is 1. The molecule has 1 N–H and O–H groups in total. The zero-order valence-corrected chi connectivity index (χ0v) is 25.5. The maximum absolute atomic E-state index is 15.2. The Labute approximate surface area is 246 Å². The Morgan fingerprint density at radius 1 is 1.02 bits per heavy atom. The summed E-state index contributed by atoms with van der Waals surface area (Å²) in [6.07, 6.45) is -1.03. The molecule has 5 rings (SSSR count). The number of ether oxygens (including phenoxy) is 3. The molecule has 1 aromatic heterocycles. The monoisotopic (exact) mass is 578 g/mol. The smallest absolute Gasteiger partial charge is 0.340 e. The lowest BCUT2D eigenvalue weighted by atomic mass is 9.84. The van der Waals surface area contributed by atoms with Crippen LogP contribution in [0.1, 0.15) is 80.8 Å². The first-order valence-corrected chi connectivity index (χ1v) is 14.6. The van der Waals surface area contributed by atoms with E-state index in [2.05, 4.69) is 17.4 Å². The lowest BCUT2D eigenvalue weighted by Crippen LogP contribution is -2.31. The van der Waals surface area contributed by atoms with Gasteiger partial charge in [0.15, 0.2) is 6.10 Å². The lowest BCUT2D eigenvalue weighted by molar-refractivity contribution is -0.171. The fourth-order valence-corrected chi connectivity index (χ4v) is 5.86. The predicted octanol–water partition coefficient (Wildman–Crippen LogP) is 7.36.